The Morgan fingerprint density at radius 2 is 1.39 bits per heavy atom. The minimum absolute atomic E-state index is 0.297. The van der Waals surface area contributed by atoms with Crippen molar-refractivity contribution in [2.24, 2.45) is 0 Å². The van der Waals surface area contributed by atoms with Crippen LogP contribution < -0.4 is 9.47 Å². The maximum absolute atomic E-state index is 12.0. The topological polar surface area (TPSA) is 65.1 Å². The lowest BCUT2D eigenvalue weighted by Gasteiger charge is -2.18. The summed E-state index contributed by atoms with van der Waals surface area (Å²) in [6.45, 7) is 7.24. The molecule has 0 saturated carbocycles. The van der Waals surface area contributed by atoms with Crippen LogP contribution in [0.25, 0.3) is 0 Å². The number of rotatable bonds is 11. The predicted octanol–water partition coefficient (Wildman–Crippen LogP) is 3.60. The van der Waals surface area contributed by atoms with Crippen LogP contribution in [0.15, 0.2) is 79.9 Å². The highest BCUT2D eigenvalue weighted by molar-refractivity contribution is 5.81. The van der Waals surface area contributed by atoms with Crippen molar-refractivity contribution in [3.05, 3.63) is 79.9 Å². The maximum atomic E-state index is 12.0. The summed E-state index contributed by atoms with van der Waals surface area (Å²) in [4.78, 5) is 25.2. The SMILES string of the molecule is C=CCN(CC=C)C(=O)COC(=O)COc1ccc(Oc2ccccc2)cc1. The zero-order valence-electron chi connectivity index (χ0n) is 15.6. The van der Waals surface area contributed by atoms with Crippen LogP contribution in [0.3, 0.4) is 0 Å². The summed E-state index contributed by atoms with van der Waals surface area (Å²) in [5.41, 5.74) is 0. The van der Waals surface area contributed by atoms with E-state index < -0.39 is 5.97 Å². The van der Waals surface area contributed by atoms with Crippen LogP contribution in [0.4, 0.5) is 0 Å². The molecule has 0 aliphatic rings. The Kier molecular flexibility index (Phi) is 8.33. The van der Waals surface area contributed by atoms with E-state index in [9.17, 15) is 9.59 Å². The molecule has 2 aromatic rings. The van der Waals surface area contributed by atoms with Gasteiger partial charge in [-0.15, -0.1) is 13.2 Å². The molecule has 146 valence electrons. The predicted molar refractivity (Wildman–Crippen MR) is 106 cm³/mol. The second-order valence-corrected chi connectivity index (χ2v) is 5.71. The van der Waals surface area contributed by atoms with Crippen molar-refractivity contribution >= 4 is 11.9 Å². The lowest BCUT2D eigenvalue weighted by atomic mass is 10.3. The Hall–Kier alpha value is -3.54. The number of carbonyl (C=O) groups excluding carboxylic acids is 2. The van der Waals surface area contributed by atoms with Gasteiger partial charge in [0.2, 0.25) is 0 Å². The molecule has 28 heavy (non-hydrogen) atoms. The van der Waals surface area contributed by atoms with Gasteiger partial charge in [-0.2, -0.15) is 0 Å². The van der Waals surface area contributed by atoms with Gasteiger partial charge in [0.05, 0.1) is 0 Å². The van der Waals surface area contributed by atoms with Gasteiger partial charge in [0.15, 0.2) is 13.2 Å². The van der Waals surface area contributed by atoms with Crippen molar-refractivity contribution in [3.63, 3.8) is 0 Å². The third-order valence-electron chi connectivity index (χ3n) is 3.57. The molecule has 2 rings (SSSR count). The first-order chi connectivity index (χ1) is 13.6. The molecule has 0 fully saturated rings. The van der Waals surface area contributed by atoms with Crippen molar-refractivity contribution in [2.75, 3.05) is 26.3 Å². The number of esters is 1. The molecule has 0 N–H and O–H groups in total. The fourth-order valence-corrected chi connectivity index (χ4v) is 2.24. The maximum Gasteiger partial charge on any atom is 0.344 e. The summed E-state index contributed by atoms with van der Waals surface area (Å²) in [6, 6.07) is 16.2. The summed E-state index contributed by atoms with van der Waals surface area (Å²) in [7, 11) is 0. The van der Waals surface area contributed by atoms with Crippen LogP contribution in [0, 0.1) is 0 Å². The molecular formula is C22H23NO5. The first kappa shape index (κ1) is 20.8. The molecule has 1 amide bonds. The van der Waals surface area contributed by atoms with Gasteiger partial charge >= 0.3 is 5.97 Å². The number of carbonyl (C=O) groups is 2. The highest BCUT2D eigenvalue weighted by Gasteiger charge is 2.14. The largest absolute Gasteiger partial charge is 0.482 e. The highest BCUT2D eigenvalue weighted by Crippen LogP contribution is 2.23. The van der Waals surface area contributed by atoms with Crippen molar-refractivity contribution in [1.82, 2.24) is 4.90 Å². The van der Waals surface area contributed by atoms with Crippen LogP contribution in [0.2, 0.25) is 0 Å². The lowest BCUT2D eigenvalue weighted by Crippen LogP contribution is -2.35. The Morgan fingerprint density at radius 1 is 0.821 bits per heavy atom. The Labute approximate surface area is 164 Å². The molecule has 0 radical (unpaired) electrons. The summed E-state index contributed by atoms with van der Waals surface area (Å²) in [5, 5.41) is 0. The number of hydrogen-bond donors (Lipinski definition) is 0. The lowest BCUT2D eigenvalue weighted by molar-refractivity contribution is -0.153. The summed E-state index contributed by atoms with van der Waals surface area (Å²) in [5.74, 6) is 0.914. The number of ether oxygens (including phenoxy) is 3. The van der Waals surface area contributed by atoms with Crippen molar-refractivity contribution in [2.45, 2.75) is 0 Å². The van der Waals surface area contributed by atoms with E-state index in [1.165, 1.54) is 4.90 Å². The van der Waals surface area contributed by atoms with E-state index in [1.54, 1.807) is 36.4 Å². The van der Waals surface area contributed by atoms with Gasteiger partial charge in [-0.05, 0) is 36.4 Å². The Balaban J connectivity index is 1.75. The minimum Gasteiger partial charge on any atom is -0.482 e. The number of para-hydroxylation sites is 1. The van der Waals surface area contributed by atoms with Gasteiger partial charge in [0, 0.05) is 13.1 Å². The smallest absolute Gasteiger partial charge is 0.344 e. The highest BCUT2D eigenvalue weighted by atomic mass is 16.6. The number of amides is 1. The number of hydrogen-bond acceptors (Lipinski definition) is 5. The fourth-order valence-electron chi connectivity index (χ4n) is 2.24. The Morgan fingerprint density at radius 3 is 2.00 bits per heavy atom. The van der Waals surface area contributed by atoms with Crippen LogP contribution >= 0.6 is 0 Å². The zero-order chi connectivity index (χ0) is 20.2. The molecule has 0 saturated heterocycles. The molecular weight excluding hydrogens is 358 g/mol. The van der Waals surface area contributed by atoms with E-state index in [-0.39, 0.29) is 19.1 Å². The van der Waals surface area contributed by atoms with Gasteiger partial charge in [0.1, 0.15) is 17.2 Å². The van der Waals surface area contributed by atoms with E-state index in [0.29, 0.717) is 24.6 Å². The van der Waals surface area contributed by atoms with Crippen molar-refractivity contribution in [1.29, 1.82) is 0 Å². The monoisotopic (exact) mass is 381 g/mol. The molecule has 0 unspecified atom stereocenters. The average Bonchev–Trinajstić information content (AvgIpc) is 2.72. The van der Waals surface area contributed by atoms with Gasteiger partial charge in [-0.3, -0.25) is 4.79 Å². The van der Waals surface area contributed by atoms with Crippen LogP contribution in [0.5, 0.6) is 17.2 Å². The standard InChI is InChI=1S/C22H23NO5/c1-3-14-23(15-4-2)21(24)16-27-22(25)17-26-18-10-12-20(13-11-18)28-19-8-6-5-7-9-19/h3-13H,1-2,14-17H2. The first-order valence-electron chi connectivity index (χ1n) is 8.73. The molecule has 0 aliphatic heterocycles. The molecule has 0 aliphatic carbocycles. The minimum atomic E-state index is -0.630. The molecule has 0 aromatic heterocycles. The summed E-state index contributed by atoms with van der Waals surface area (Å²) >= 11 is 0. The van der Waals surface area contributed by atoms with E-state index in [4.69, 9.17) is 14.2 Å². The molecule has 2 aromatic carbocycles. The Bertz CT molecular complexity index is 776. The fraction of sp³-hybridized carbons (Fsp3) is 0.182. The zero-order valence-corrected chi connectivity index (χ0v) is 15.6. The van der Waals surface area contributed by atoms with Crippen LogP contribution in [0.1, 0.15) is 0 Å². The molecule has 6 heteroatoms. The second-order valence-electron chi connectivity index (χ2n) is 5.71. The van der Waals surface area contributed by atoms with Gasteiger partial charge < -0.3 is 19.1 Å². The van der Waals surface area contributed by atoms with Gasteiger partial charge in [0.25, 0.3) is 5.91 Å². The van der Waals surface area contributed by atoms with Gasteiger partial charge in [-0.1, -0.05) is 30.4 Å². The molecule has 6 nitrogen and oxygen atoms in total. The normalized spacial score (nSPS) is 9.86. The van der Waals surface area contributed by atoms with Crippen molar-refractivity contribution < 1.29 is 23.8 Å². The van der Waals surface area contributed by atoms with E-state index in [2.05, 4.69) is 13.2 Å². The average molecular weight is 381 g/mol. The third-order valence-corrected chi connectivity index (χ3v) is 3.57. The quantitative estimate of drug-likeness (QED) is 0.440. The van der Waals surface area contributed by atoms with Crippen LogP contribution in [-0.2, 0) is 14.3 Å². The first-order valence-corrected chi connectivity index (χ1v) is 8.73. The third kappa shape index (κ3) is 6.99. The van der Waals surface area contributed by atoms with E-state index in [1.807, 2.05) is 30.3 Å². The van der Waals surface area contributed by atoms with Gasteiger partial charge in [-0.25, -0.2) is 4.79 Å². The second kappa shape index (κ2) is 11.2. The van der Waals surface area contributed by atoms with E-state index in [0.717, 1.165) is 5.75 Å². The molecule has 0 heterocycles. The summed E-state index contributed by atoms with van der Waals surface area (Å²) < 4.78 is 16.0. The summed E-state index contributed by atoms with van der Waals surface area (Å²) in [6.07, 6.45) is 3.19. The van der Waals surface area contributed by atoms with Crippen LogP contribution in [-0.4, -0.2) is 43.1 Å². The molecule has 0 atom stereocenters. The van der Waals surface area contributed by atoms with Crippen molar-refractivity contribution in [3.8, 4) is 17.2 Å². The molecule has 0 spiro atoms. The number of benzene rings is 2. The van der Waals surface area contributed by atoms with E-state index >= 15 is 0 Å². The molecule has 0 bridgehead atoms. The number of nitrogens with zero attached hydrogens (tertiary/aromatic N) is 1.